The molecule has 19 heavy (non-hydrogen) atoms. The van der Waals surface area contributed by atoms with Crippen LogP contribution in [0, 0.1) is 0 Å². The Labute approximate surface area is 146 Å². The van der Waals surface area contributed by atoms with Crippen LogP contribution >= 0.6 is 63.7 Å². The van der Waals surface area contributed by atoms with Crippen LogP contribution in [0.1, 0.15) is 0 Å². The van der Waals surface area contributed by atoms with Gasteiger partial charge in [0.25, 0.3) is 0 Å². The first-order chi connectivity index (χ1) is 9.05. The maximum atomic E-state index is 10.1. The Morgan fingerprint density at radius 2 is 1.32 bits per heavy atom. The Morgan fingerprint density at radius 3 is 1.42 bits per heavy atom. The Hall–Kier alpha value is 1.43. The molecule has 2 N–H and O–H groups in total. The zero-order valence-corrected chi connectivity index (χ0v) is 16.6. The molecule has 9 heteroatoms. The number of carbonyl (C=O) groups is 1. The molecule has 0 aromatic rings. The molecule has 0 aromatic heterocycles. The van der Waals surface area contributed by atoms with Crippen molar-refractivity contribution >= 4 is 69.5 Å². The standard InChI is InChI=1S/C5H8Br2O2.C3H4Br2O.C2H6O2/c6-3-5(4-7)8-1-2-9-5;4-1-3(6)2-5;3-1-2-4/h1-4H2;1-2H2;3-4H,1-2H2. The van der Waals surface area contributed by atoms with Crippen LogP contribution in [0.2, 0.25) is 0 Å². The highest BCUT2D eigenvalue weighted by molar-refractivity contribution is 9.10. The highest BCUT2D eigenvalue weighted by Gasteiger charge is 2.33. The van der Waals surface area contributed by atoms with Crippen LogP contribution in [0.25, 0.3) is 0 Å². The van der Waals surface area contributed by atoms with Gasteiger partial charge in [-0.2, -0.15) is 0 Å². The third kappa shape index (κ3) is 12.9. The molecule has 0 aliphatic carbocycles. The molecule has 0 saturated carbocycles. The van der Waals surface area contributed by atoms with E-state index in [0.717, 1.165) is 10.7 Å². The summed E-state index contributed by atoms with van der Waals surface area (Å²) in [4.78, 5) is 10.1. The van der Waals surface area contributed by atoms with Crippen molar-refractivity contribution in [2.24, 2.45) is 0 Å². The number of halogens is 4. The van der Waals surface area contributed by atoms with Gasteiger partial charge in [0.1, 0.15) is 0 Å². The number of hydrogen-bond donors (Lipinski definition) is 2. The van der Waals surface area contributed by atoms with Gasteiger partial charge in [-0.05, 0) is 0 Å². The van der Waals surface area contributed by atoms with Crippen LogP contribution in [-0.2, 0) is 14.3 Å². The van der Waals surface area contributed by atoms with Gasteiger partial charge in [-0.3, -0.25) is 4.79 Å². The first-order valence-electron chi connectivity index (χ1n) is 5.31. The van der Waals surface area contributed by atoms with Crippen molar-refractivity contribution in [1.82, 2.24) is 0 Å². The van der Waals surface area contributed by atoms with Gasteiger partial charge in [0.05, 0.1) is 47.7 Å². The van der Waals surface area contributed by atoms with Crippen molar-refractivity contribution in [2.45, 2.75) is 5.79 Å². The minimum Gasteiger partial charge on any atom is -0.394 e. The zero-order chi connectivity index (χ0) is 15.1. The lowest BCUT2D eigenvalue weighted by atomic mass is 10.4. The van der Waals surface area contributed by atoms with Crippen LogP contribution in [0.4, 0.5) is 0 Å². The van der Waals surface area contributed by atoms with Crippen molar-refractivity contribution in [1.29, 1.82) is 0 Å². The van der Waals surface area contributed by atoms with Gasteiger partial charge >= 0.3 is 0 Å². The lowest BCUT2D eigenvalue weighted by Gasteiger charge is -2.21. The summed E-state index contributed by atoms with van der Waals surface area (Å²) in [6.45, 7) is 1.16. The topological polar surface area (TPSA) is 76.0 Å². The number of aliphatic hydroxyl groups is 2. The maximum Gasteiger partial charge on any atom is 0.187 e. The summed E-state index contributed by atoms with van der Waals surface area (Å²) in [6, 6.07) is 0. The monoisotopic (exact) mass is 534 g/mol. The average molecular weight is 538 g/mol. The van der Waals surface area contributed by atoms with E-state index in [2.05, 4.69) is 63.7 Å². The molecule has 0 atom stereocenters. The van der Waals surface area contributed by atoms with Gasteiger partial charge in [0.2, 0.25) is 0 Å². The highest BCUT2D eigenvalue weighted by Crippen LogP contribution is 2.23. The summed E-state index contributed by atoms with van der Waals surface area (Å²) >= 11 is 12.6. The molecule has 1 rings (SSSR count). The highest BCUT2D eigenvalue weighted by atomic mass is 79.9. The molecule has 1 heterocycles. The molecule has 1 aliphatic rings. The van der Waals surface area contributed by atoms with E-state index in [4.69, 9.17) is 19.7 Å². The van der Waals surface area contributed by atoms with Crippen molar-refractivity contribution in [3.05, 3.63) is 0 Å². The fraction of sp³-hybridized carbons (Fsp3) is 0.900. The van der Waals surface area contributed by atoms with E-state index < -0.39 is 0 Å². The van der Waals surface area contributed by atoms with E-state index in [9.17, 15) is 4.79 Å². The smallest absolute Gasteiger partial charge is 0.187 e. The van der Waals surface area contributed by atoms with E-state index >= 15 is 0 Å². The summed E-state index contributed by atoms with van der Waals surface area (Å²) < 4.78 is 10.6. The lowest BCUT2D eigenvalue weighted by Crippen LogP contribution is -2.33. The second kappa shape index (κ2) is 15.8. The summed E-state index contributed by atoms with van der Waals surface area (Å²) in [6.07, 6.45) is 0. The molecule has 5 nitrogen and oxygen atoms in total. The molecule has 1 saturated heterocycles. The predicted octanol–water partition coefficient (Wildman–Crippen LogP) is 1.84. The lowest BCUT2D eigenvalue weighted by molar-refractivity contribution is -0.115. The van der Waals surface area contributed by atoms with E-state index in [1.165, 1.54) is 0 Å². The molecular formula is C10H18Br4O5. The minimum absolute atomic E-state index is 0.125. The predicted molar refractivity (Wildman–Crippen MR) is 89.0 cm³/mol. The Morgan fingerprint density at radius 1 is 0.947 bits per heavy atom. The minimum atomic E-state index is -0.389. The number of alkyl halides is 4. The average Bonchev–Trinajstić information content (AvgIpc) is 2.96. The van der Waals surface area contributed by atoms with Crippen LogP contribution in [0.3, 0.4) is 0 Å². The molecular weight excluding hydrogens is 520 g/mol. The SMILES string of the molecule is BrCC1(CBr)OCCO1.O=C(CBr)CBr.OCCO. The summed E-state index contributed by atoms with van der Waals surface area (Å²) in [5.74, 6) is -0.213. The van der Waals surface area contributed by atoms with Crippen molar-refractivity contribution in [3.8, 4) is 0 Å². The first kappa shape index (κ1) is 22.7. The van der Waals surface area contributed by atoms with Crippen molar-refractivity contribution in [3.63, 3.8) is 0 Å². The second-order valence-electron chi connectivity index (χ2n) is 3.13. The second-order valence-corrected chi connectivity index (χ2v) is 5.37. The molecule has 0 aromatic carbocycles. The molecule has 1 fully saturated rings. The number of rotatable bonds is 5. The van der Waals surface area contributed by atoms with Crippen molar-refractivity contribution < 1.29 is 24.5 Å². The Balaban J connectivity index is 0. The summed E-state index contributed by atoms with van der Waals surface area (Å²) in [7, 11) is 0. The van der Waals surface area contributed by atoms with E-state index in [0.29, 0.717) is 23.9 Å². The molecule has 1 aliphatic heterocycles. The Kier molecular flexibility index (Phi) is 18.9. The number of Topliss-reactive ketones (excluding diaryl/α,β-unsaturated/α-hetero) is 1. The van der Waals surface area contributed by atoms with Crippen LogP contribution in [0.5, 0.6) is 0 Å². The van der Waals surface area contributed by atoms with E-state index in [-0.39, 0.29) is 24.8 Å². The normalized spacial score (nSPS) is 15.9. The van der Waals surface area contributed by atoms with Crippen LogP contribution in [-0.4, -0.2) is 69.5 Å². The molecule has 0 spiro atoms. The van der Waals surface area contributed by atoms with Gasteiger partial charge in [-0.15, -0.1) is 0 Å². The molecule has 0 bridgehead atoms. The largest absolute Gasteiger partial charge is 0.394 e. The number of aliphatic hydroxyl groups excluding tert-OH is 2. The van der Waals surface area contributed by atoms with Crippen molar-refractivity contribution in [2.75, 3.05) is 47.7 Å². The molecule has 0 unspecified atom stereocenters. The van der Waals surface area contributed by atoms with Gasteiger partial charge in [0.15, 0.2) is 11.6 Å². The third-order valence-electron chi connectivity index (χ3n) is 1.62. The number of ether oxygens (including phenoxy) is 2. The Bertz CT molecular complexity index is 198. The molecule has 0 radical (unpaired) electrons. The number of hydrogen-bond acceptors (Lipinski definition) is 5. The quantitative estimate of drug-likeness (QED) is 0.524. The fourth-order valence-corrected chi connectivity index (χ4v) is 3.23. The van der Waals surface area contributed by atoms with Gasteiger partial charge < -0.3 is 19.7 Å². The zero-order valence-electron chi connectivity index (χ0n) is 10.3. The maximum absolute atomic E-state index is 10.1. The first-order valence-corrected chi connectivity index (χ1v) is 9.79. The van der Waals surface area contributed by atoms with Gasteiger partial charge in [-0.25, -0.2) is 0 Å². The third-order valence-corrected chi connectivity index (χ3v) is 4.58. The summed E-state index contributed by atoms with van der Waals surface area (Å²) in [5, 5.41) is 17.6. The summed E-state index contributed by atoms with van der Waals surface area (Å²) in [5.41, 5.74) is 0. The van der Waals surface area contributed by atoms with Crippen LogP contribution in [0.15, 0.2) is 0 Å². The number of carbonyl (C=O) groups excluding carboxylic acids is 1. The van der Waals surface area contributed by atoms with Crippen LogP contribution < -0.4 is 0 Å². The number of ketones is 1. The molecule has 0 amide bonds. The molecule has 116 valence electrons. The fourth-order valence-electron chi connectivity index (χ4n) is 0.723. The van der Waals surface area contributed by atoms with E-state index in [1.807, 2.05) is 0 Å². The van der Waals surface area contributed by atoms with Gasteiger partial charge in [-0.1, -0.05) is 63.7 Å². The van der Waals surface area contributed by atoms with E-state index in [1.54, 1.807) is 0 Å². The van der Waals surface area contributed by atoms with Gasteiger partial charge in [0, 0.05) is 0 Å².